The molecule has 15 nitrogen and oxygen atoms in total. The fraction of sp³-hybridized carbons (Fsp3) is 0.541. The van der Waals surface area contributed by atoms with Gasteiger partial charge in [0.1, 0.15) is 28.3 Å². The molecular formula is C37H52Cl2N6O9S2. The lowest BCUT2D eigenvalue weighted by Gasteiger charge is -2.43. The third-order valence-corrected chi connectivity index (χ3v) is 12.1. The van der Waals surface area contributed by atoms with Crippen LogP contribution < -0.4 is 15.2 Å². The zero-order valence-corrected chi connectivity index (χ0v) is 35.8. The highest BCUT2D eigenvalue weighted by molar-refractivity contribution is 7.89. The van der Waals surface area contributed by atoms with E-state index in [0.717, 1.165) is 34.1 Å². The number of carbonyl (C=O) groups excluding carboxylic acids is 2. The monoisotopic (exact) mass is 858 g/mol. The number of aromatic nitrogens is 1. The average Bonchev–Trinajstić information content (AvgIpc) is 3.10. The van der Waals surface area contributed by atoms with E-state index in [9.17, 15) is 18.0 Å². The number of halogens is 2. The molecule has 1 atom stereocenters. The predicted molar refractivity (Wildman–Crippen MR) is 214 cm³/mol. The number of carbonyl (C=O) groups is 2. The van der Waals surface area contributed by atoms with Gasteiger partial charge in [-0.25, -0.2) is 21.8 Å². The van der Waals surface area contributed by atoms with Crippen LogP contribution in [0.25, 0.3) is 10.9 Å². The van der Waals surface area contributed by atoms with E-state index in [4.69, 9.17) is 51.4 Å². The van der Waals surface area contributed by atoms with Gasteiger partial charge in [0.25, 0.3) is 0 Å². The minimum atomic E-state index is -4.35. The number of quaternary nitrogens is 1. The molecule has 0 aliphatic carbocycles. The minimum absolute atomic E-state index is 0.102. The maximum atomic E-state index is 14.2. The number of hydrogen-bond donors (Lipinski definition) is 2. The van der Waals surface area contributed by atoms with Gasteiger partial charge in [-0.2, -0.15) is 4.72 Å². The molecule has 2 aliphatic heterocycles. The largest absolute Gasteiger partial charge is 0.748 e. The number of hydrogen-bond acceptors (Lipinski definition) is 11. The highest BCUT2D eigenvalue weighted by Gasteiger charge is 2.47. The van der Waals surface area contributed by atoms with Gasteiger partial charge in [-0.05, 0) is 69.4 Å². The number of fused-ring (bicyclic) bond motifs is 1. The summed E-state index contributed by atoms with van der Waals surface area (Å²) in [5.74, 6) is 0.00807. The Labute approximate surface area is 339 Å². The van der Waals surface area contributed by atoms with Crippen LogP contribution in [0.4, 0.5) is 0 Å². The fourth-order valence-corrected chi connectivity index (χ4v) is 9.01. The summed E-state index contributed by atoms with van der Waals surface area (Å²) in [6.07, 6.45) is 2.28. The van der Waals surface area contributed by atoms with Crippen molar-refractivity contribution in [1.82, 2.24) is 19.5 Å². The predicted octanol–water partition coefficient (Wildman–Crippen LogP) is 3.21. The number of aryl methyl sites for hydroxylation is 2. The lowest BCUT2D eigenvalue weighted by atomic mass is 9.89. The number of benzene rings is 2. The lowest BCUT2D eigenvalue weighted by Crippen LogP contribution is -2.64. The van der Waals surface area contributed by atoms with Crippen LogP contribution in [0.5, 0.6) is 5.75 Å². The summed E-state index contributed by atoms with van der Waals surface area (Å²) < 4.78 is 70.6. The first-order valence-electron chi connectivity index (χ1n) is 18.1. The molecule has 2 amide bonds. The summed E-state index contributed by atoms with van der Waals surface area (Å²) in [6.45, 7) is 6.21. The summed E-state index contributed by atoms with van der Waals surface area (Å²) in [4.78, 5) is 35.0. The topological polar surface area (TPSA) is 201 Å². The van der Waals surface area contributed by atoms with E-state index in [2.05, 4.69) is 30.8 Å². The molecule has 1 aromatic heterocycles. The molecule has 2 saturated heterocycles. The number of para-hydroxylation sites is 1. The SMILES string of the molecule is CS(=O)(=O)[O-].Cc1cc(C)c2cccc(OCc3c(Cl)ccc(S(=O)(=O)NC4(C(=O)N5CCN(C(=O)[C@@H](N)CCC[N+](C)(C)C)CC5)CCOCC4)c3Cl)c2n1. The van der Waals surface area contributed by atoms with Gasteiger partial charge in [0.2, 0.25) is 21.8 Å². The van der Waals surface area contributed by atoms with E-state index < -0.39 is 31.7 Å². The Morgan fingerprint density at radius 1 is 1.04 bits per heavy atom. The highest BCUT2D eigenvalue weighted by Crippen LogP contribution is 2.35. The Kier molecular flexibility index (Phi) is 15.2. The van der Waals surface area contributed by atoms with Crippen LogP contribution >= 0.6 is 23.2 Å². The summed E-state index contributed by atoms with van der Waals surface area (Å²) in [5, 5.41) is 1.07. The van der Waals surface area contributed by atoms with Crippen molar-refractivity contribution < 1.29 is 44.9 Å². The van der Waals surface area contributed by atoms with Crippen LogP contribution in [0, 0.1) is 13.8 Å². The van der Waals surface area contributed by atoms with Gasteiger partial charge in [0, 0.05) is 67.3 Å². The number of rotatable bonds is 12. The van der Waals surface area contributed by atoms with Crippen molar-refractivity contribution in [3.05, 3.63) is 63.3 Å². The summed E-state index contributed by atoms with van der Waals surface area (Å²) in [5.41, 5.74) is 7.63. The second-order valence-corrected chi connectivity index (χ2v) is 19.1. The maximum absolute atomic E-state index is 14.2. The van der Waals surface area contributed by atoms with Crippen molar-refractivity contribution in [3.63, 3.8) is 0 Å². The molecule has 3 N–H and O–H groups in total. The number of ether oxygens (including phenoxy) is 2. The number of nitrogens with two attached hydrogens (primary N) is 1. The molecule has 3 aromatic rings. The summed E-state index contributed by atoms with van der Waals surface area (Å²) in [6, 6.07) is 9.78. The first-order chi connectivity index (χ1) is 26.0. The van der Waals surface area contributed by atoms with E-state index in [1.54, 1.807) is 15.9 Å². The maximum Gasteiger partial charge on any atom is 0.244 e. The van der Waals surface area contributed by atoms with Crippen molar-refractivity contribution in [3.8, 4) is 5.75 Å². The van der Waals surface area contributed by atoms with E-state index in [-0.39, 0.29) is 78.1 Å². The van der Waals surface area contributed by atoms with E-state index >= 15 is 0 Å². The Bertz CT molecular complexity index is 2110. The molecule has 56 heavy (non-hydrogen) atoms. The molecule has 0 bridgehead atoms. The van der Waals surface area contributed by atoms with Crippen molar-refractivity contribution in [2.75, 3.05) is 73.3 Å². The van der Waals surface area contributed by atoms with Gasteiger partial charge in [-0.1, -0.05) is 35.3 Å². The quantitative estimate of drug-likeness (QED) is 0.200. The Balaban J connectivity index is 0.00000131. The Hall–Kier alpha value is -3.13. The molecular weight excluding hydrogens is 807 g/mol. The first kappa shape index (κ1) is 45.6. The summed E-state index contributed by atoms with van der Waals surface area (Å²) >= 11 is 13.3. The Morgan fingerprint density at radius 3 is 2.25 bits per heavy atom. The van der Waals surface area contributed by atoms with E-state index in [0.29, 0.717) is 37.0 Å². The number of nitrogens with zero attached hydrogens (tertiary/aromatic N) is 4. The molecule has 2 aromatic carbocycles. The van der Waals surface area contributed by atoms with Gasteiger partial charge in [-0.3, -0.25) is 9.59 Å². The Morgan fingerprint density at radius 2 is 1.64 bits per heavy atom. The van der Waals surface area contributed by atoms with Crippen molar-refractivity contribution >= 4 is 66.1 Å². The van der Waals surface area contributed by atoms with Gasteiger partial charge in [-0.15, -0.1) is 0 Å². The van der Waals surface area contributed by atoms with Gasteiger partial charge in [0.05, 0.1) is 48.9 Å². The number of piperazine rings is 1. The smallest absolute Gasteiger partial charge is 0.244 e. The van der Waals surface area contributed by atoms with Crippen molar-refractivity contribution in [2.24, 2.45) is 5.73 Å². The van der Waals surface area contributed by atoms with Crippen LogP contribution in [0.3, 0.4) is 0 Å². The second kappa shape index (κ2) is 18.6. The van der Waals surface area contributed by atoms with Crippen molar-refractivity contribution in [2.45, 2.75) is 62.6 Å². The van der Waals surface area contributed by atoms with Crippen LogP contribution in [0.1, 0.15) is 42.5 Å². The molecule has 2 aliphatic rings. The average molecular weight is 860 g/mol. The van der Waals surface area contributed by atoms with Crippen LogP contribution in [0.15, 0.2) is 41.3 Å². The molecule has 19 heteroatoms. The molecule has 5 rings (SSSR count). The lowest BCUT2D eigenvalue weighted by molar-refractivity contribution is -0.870. The normalized spacial score (nSPS) is 16.9. The van der Waals surface area contributed by atoms with Gasteiger partial charge in [0.15, 0.2) is 0 Å². The number of pyridine rings is 1. The van der Waals surface area contributed by atoms with Gasteiger partial charge >= 0.3 is 0 Å². The standard InChI is InChI=1S/C36H49Cl2N6O6S.CH4O3S/c1-24-22-25(2)40-33-26(24)8-6-10-30(33)50-23-27-28(37)11-12-31(32(27)38)51(47,48)41-36(13-20-49-21-14-36)35(46)43-17-15-42(16-18-43)34(45)29(39)9-7-19-44(3,4)5;1-5(2,3)4/h6,8,10-12,22,29,41H,7,9,13-21,23,39H2,1-5H3;1H3,(H,2,3,4)/q+1;/p-1/t29-;/m0./s1. The molecule has 3 heterocycles. The van der Waals surface area contributed by atoms with Gasteiger partial charge < -0.3 is 34.0 Å². The summed E-state index contributed by atoms with van der Waals surface area (Å²) in [7, 11) is -1.98. The minimum Gasteiger partial charge on any atom is -0.748 e. The molecule has 0 spiro atoms. The zero-order valence-electron chi connectivity index (χ0n) is 32.6. The fourth-order valence-electron chi connectivity index (χ4n) is 6.71. The van der Waals surface area contributed by atoms with Crippen molar-refractivity contribution in [1.29, 1.82) is 0 Å². The zero-order chi connectivity index (χ0) is 41.6. The third-order valence-electron chi connectivity index (χ3n) is 9.57. The third kappa shape index (κ3) is 12.2. The van der Waals surface area contributed by atoms with E-state index in [1.165, 1.54) is 12.1 Å². The highest BCUT2D eigenvalue weighted by atomic mass is 35.5. The number of sulfonamides is 1. The molecule has 0 unspecified atom stereocenters. The molecule has 0 saturated carbocycles. The van der Waals surface area contributed by atoms with Crippen LogP contribution in [0.2, 0.25) is 10.0 Å². The second-order valence-electron chi connectivity index (χ2n) is 15.2. The number of amides is 2. The molecule has 0 radical (unpaired) electrons. The molecule has 310 valence electrons. The number of nitrogens with one attached hydrogen (secondary N) is 1. The molecule has 2 fully saturated rings. The first-order valence-corrected chi connectivity index (χ1v) is 22.2. The van der Waals surface area contributed by atoms with E-state index in [1.807, 2.05) is 32.0 Å². The van der Waals surface area contributed by atoms with Crippen LogP contribution in [-0.4, -0.2) is 137 Å². The van der Waals surface area contributed by atoms with Crippen LogP contribution in [-0.2, 0) is 41.1 Å².